The highest BCUT2D eigenvalue weighted by molar-refractivity contribution is 9.09. The Labute approximate surface area is 101 Å². The van der Waals surface area contributed by atoms with Crippen LogP contribution >= 0.6 is 28.3 Å². The molecule has 0 spiro atoms. The first kappa shape index (κ1) is 13.9. The zero-order chi connectivity index (χ0) is 9.68. The first-order chi connectivity index (χ1) is 6.24. The van der Waals surface area contributed by atoms with Gasteiger partial charge >= 0.3 is 0 Å². The molecule has 1 unspecified atom stereocenters. The van der Waals surface area contributed by atoms with Crippen LogP contribution in [0.2, 0.25) is 0 Å². The van der Waals surface area contributed by atoms with Crippen molar-refractivity contribution in [1.29, 1.82) is 0 Å². The van der Waals surface area contributed by atoms with Crippen LogP contribution < -0.4 is 5.73 Å². The Morgan fingerprint density at radius 3 is 2.36 bits per heavy atom. The lowest BCUT2D eigenvalue weighted by molar-refractivity contribution is 0.810. The molecule has 0 saturated heterocycles. The summed E-state index contributed by atoms with van der Waals surface area (Å²) in [6, 6.07) is 8.39. The van der Waals surface area contributed by atoms with E-state index in [1.165, 1.54) is 11.1 Å². The normalized spacial score (nSPS) is 11.9. The van der Waals surface area contributed by atoms with Crippen molar-refractivity contribution >= 4 is 28.3 Å². The zero-order valence-electron chi connectivity index (χ0n) is 8.37. The molecule has 14 heavy (non-hydrogen) atoms. The Balaban J connectivity index is 0.00000169. The zero-order valence-corrected chi connectivity index (χ0v) is 10.8. The summed E-state index contributed by atoms with van der Waals surface area (Å²) in [5, 5.41) is 0. The molecule has 1 atom stereocenters. The average molecular weight is 279 g/mol. The van der Waals surface area contributed by atoms with E-state index >= 15 is 0 Å². The molecule has 0 radical (unpaired) electrons. The van der Waals surface area contributed by atoms with Crippen LogP contribution in [0.5, 0.6) is 0 Å². The molecule has 0 saturated carbocycles. The van der Waals surface area contributed by atoms with Crippen LogP contribution in [0.1, 0.15) is 24.5 Å². The first-order valence-corrected chi connectivity index (χ1v) is 5.56. The Kier molecular flexibility index (Phi) is 7.24. The number of hydrogen-bond donors (Lipinski definition) is 1. The molecule has 0 aliphatic heterocycles. The fourth-order valence-electron chi connectivity index (χ4n) is 1.35. The SMILES string of the molecule is CC(Br)CCc1ccccc1CN.Cl. The van der Waals surface area contributed by atoms with Crippen LogP contribution in [-0.4, -0.2) is 4.83 Å². The van der Waals surface area contributed by atoms with Gasteiger partial charge in [-0.2, -0.15) is 0 Å². The molecule has 0 heterocycles. The van der Waals surface area contributed by atoms with Crippen LogP contribution in [0.4, 0.5) is 0 Å². The van der Waals surface area contributed by atoms with E-state index in [2.05, 4.69) is 41.1 Å². The van der Waals surface area contributed by atoms with Crippen molar-refractivity contribution in [2.24, 2.45) is 5.73 Å². The number of alkyl halides is 1. The molecule has 0 fully saturated rings. The van der Waals surface area contributed by atoms with E-state index in [4.69, 9.17) is 5.73 Å². The van der Waals surface area contributed by atoms with Gasteiger partial charge in [0.05, 0.1) is 0 Å². The molecule has 0 aromatic heterocycles. The van der Waals surface area contributed by atoms with E-state index < -0.39 is 0 Å². The van der Waals surface area contributed by atoms with E-state index in [0.29, 0.717) is 11.4 Å². The van der Waals surface area contributed by atoms with Crippen LogP contribution in [0.3, 0.4) is 0 Å². The highest BCUT2D eigenvalue weighted by Gasteiger charge is 2.01. The Morgan fingerprint density at radius 1 is 1.29 bits per heavy atom. The molecule has 0 aliphatic rings. The van der Waals surface area contributed by atoms with Gasteiger partial charge in [0.25, 0.3) is 0 Å². The van der Waals surface area contributed by atoms with Gasteiger partial charge in [-0.25, -0.2) is 0 Å². The van der Waals surface area contributed by atoms with Gasteiger partial charge in [0.2, 0.25) is 0 Å². The van der Waals surface area contributed by atoms with Crippen LogP contribution in [0.25, 0.3) is 0 Å². The topological polar surface area (TPSA) is 26.0 Å². The van der Waals surface area contributed by atoms with Gasteiger partial charge in [-0.3, -0.25) is 0 Å². The van der Waals surface area contributed by atoms with E-state index in [9.17, 15) is 0 Å². The number of hydrogen-bond acceptors (Lipinski definition) is 1. The number of rotatable bonds is 4. The Morgan fingerprint density at radius 2 is 1.86 bits per heavy atom. The molecule has 0 amide bonds. The quantitative estimate of drug-likeness (QED) is 0.841. The monoisotopic (exact) mass is 277 g/mol. The minimum Gasteiger partial charge on any atom is -0.326 e. The van der Waals surface area contributed by atoms with Gasteiger partial charge in [0.15, 0.2) is 0 Å². The van der Waals surface area contributed by atoms with Crippen LogP contribution in [0.15, 0.2) is 24.3 Å². The summed E-state index contributed by atoms with van der Waals surface area (Å²) in [6.45, 7) is 2.82. The summed E-state index contributed by atoms with van der Waals surface area (Å²) in [4.78, 5) is 0.582. The smallest absolute Gasteiger partial charge is 0.0180 e. The van der Waals surface area contributed by atoms with E-state index in [-0.39, 0.29) is 12.4 Å². The molecule has 3 heteroatoms. The number of halogens is 2. The van der Waals surface area contributed by atoms with Crippen molar-refractivity contribution in [2.75, 3.05) is 0 Å². The molecular formula is C11H17BrClN. The van der Waals surface area contributed by atoms with E-state index in [0.717, 1.165) is 12.8 Å². The first-order valence-electron chi connectivity index (χ1n) is 4.65. The lowest BCUT2D eigenvalue weighted by Gasteiger charge is -2.08. The fraction of sp³-hybridized carbons (Fsp3) is 0.455. The van der Waals surface area contributed by atoms with Gasteiger partial charge in [0.1, 0.15) is 0 Å². The maximum Gasteiger partial charge on any atom is 0.0180 e. The third-order valence-electron chi connectivity index (χ3n) is 2.15. The average Bonchev–Trinajstić information content (AvgIpc) is 2.15. The Hall–Kier alpha value is -0.0500. The predicted molar refractivity (Wildman–Crippen MR) is 68.3 cm³/mol. The van der Waals surface area contributed by atoms with Gasteiger partial charge < -0.3 is 5.73 Å². The van der Waals surface area contributed by atoms with Gasteiger partial charge in [-0.15, -0.1) is 12.4 Å². The summed E-state index contributed by atoms with van der Waals surface area (Å²) in [5.74, 6) is 0. The molecule has 0 bridgehead atoms. The number of nitrogens with two attached hydrogens (primary N) is 1. The third-order valence-corrected chi connectivity index (χ3v) is 2.61. The van der Waals surface area contributed by atoms with Gasteiger partial charge in [0, 0.05) is 11.4 Å². The van der Waals surface area contributed by atoms with Crippen molar-refractivity contribution in [1.82, 2.24) is 0 Å². The van der Waals surface area contributed by atoms with Crippen molar-refractivity contribution < 1.29 is 0 Å². The third kappa shape index (κ3) is 4.45. The minimum atomic E-state index is 0. The van der Waals surface area contributed by atoms with Crippen molar-refractivity contribution in [2.45, 2.75) is 31.1 Å². The van der Waals surface area contributed by atoms with E-state index in [1.807, 2.05) is 6.07 Å². The molecule has 1 aromatic rings. The highest BCUT2D eigenvalue weighted by Crippen LogP contribution is 2.14. The second kappa shape index (κ2) is 7.27. The predicted octanol–water partition coefficient (Wildman–Crippen LogP) is 3.28. The molecule has 1 nitrogen and oxygen atoms in total. The maximum atomic E-state index is 5.65. The van der Waals surface area contributed by atoms with Crippen molar-refractivity contribution in [3.05, 3.63) is 35.4 Å². The van der Waals surface area contributed by atoms with E-state index in [1.54, 1.807) is 0 Å². The molecule has 80 valence electrons. The second-order valence-electron chi connectivity index (χ2n) is 3.29. The molecule has 2 N–H and O–H groups in total. The lowest BCUT2D eigenvalue weighted by Crippen LogP contribution is -2.03. The second-order valence-corrected chi connectivity index (χ2v) is 4.86. The van der Waals surface area contributed by atoms with Gasteiger partial charge in [-0.1, -0.05) is 47.1 Å². The largest absolute Gasteiger partial charge is 0.326 e. The van der Waals surface area contributed by atoms with Crippen molar-refractivity contribution in [3.63, 3.8) is 0 Å². The Bertz CT molecular complexity index is 263. The van der Waals surface area contributed by atoms with Gasteiger partial charge in [-0.05, 0) is 24.0 Å². The summed E-state index contributed by atoms with van der Waals surface area (Å²) in [5.41, 5.74) is 8.30. The highest BCUT2D eigenvalue weighted by atomic mass is 79.9. The maximum absolute atomic E-state index is 5.65. The fourth-order valence-corrected chi connectivity index (χ4v) is 1.58. The molecule has 0 aliphatic carbocycles. The van der Waals surface area contributed by atoms with Crippen LogP contribution in [0, 0.1) is 0 Å². The number of benzene rings is 1. The number of aryl methyl sites for hydroxylation is 1. The molecule has 1 rings (SSSR count). The molecular weight excluding hydrogens is 261 g/mol. The molecule has 1 aromatic carbocycles. The van der Waals surface area contributed by atoms with Crippen molar-refractivity contribution in [3.8, 4) is 0 Å². The van der Waals surface area contributed by atoms with Crippen LogP contribution in [-0.2, 0) is 13.0 Å². The summed E-state index contributed by atoms with van der Waals surface area (Å²) < 4.78 is 0. The summed E-state index contributed by atoms with van der Waals surface area (Å²) in [6.07, 6.45) is 2.27. The standard InChI is InChI=1S/C11H16BrN.ClH/c1-9(12)6-7-10-4-2-3-5-11(10)8-13;/h2-5,9H,6-8,13H2,1H3;1H. The minimum absolute atomic E-state index is 0. The summed E-state index contributed by atoms with van der Waals surface area (Å²) in [7, 11) is 0. The summed E-state index contributed by atoms with van der Waals surface area (Å²) >= 11 is 3.55. The lowest BCUT2D eigenvalue weighted by atomic mass is 10.0.